The highest BCUT2D eigenvalue weighted by molar-refractivity contribution is 5.46. The summed E-state index contributed by atoms with van der Waals surface area (Å²) in [5.41, 5.74) is 3.02. The van der Waals surface area contributed by atoms with Gasteiger partial charge >= 0.3 is 0 Å². The highest BCUT2D eigenvalue weighted by Gasteiger charge is 2.34. The van der Waals surface area contributed by atoms with Gasteiger partial charge in [0.25, 0.3) is 0 Å². The van der Waals surface area contributed by atoms with Gasteiger partial charge in [0.1, 0.15) is 5.75 Å². The Morgan fingerprint density at radius 3 is 3.00 bits per heavy atom. The van der Waals surface area contributed by atoms with Gasteiger partial charge in [-0.2, -0.15) is 0 Å². The molecule has 0 aromatic heterocycles. The van der Waals surface area contributed by atoms with E-state index in [1.807, 2.05) is 0 Å². The lowest BCUT2D eigenvalue weighted by Gasteiger charge is -2.35. The summed E-state index contributed by atoms with van der Waals surface area (Å²) in [7, 11) is 1.73. The first-order valence-electron chi connectivity index (χ1n) is 5.78. The molecule has 1 aromatic carbocycles. The summed E-state index contributed by atoms with van der Waals surface area (Å²) in [4.78, 5) is 0. The molecule has 80 valence electrons. The van der Waals surface area contributed by atoms with Crippen LogP contribution in [0, 0.1) is 0 Å². The Morgan fingerprint density at radius 1 is 1.40 bits per heavy atom. The van der Waals surface area contributed by atoms with Crippen molar-refractivity contribution >= 4 is 0 Å². The van der Waals surface area contributed by atoms with Crippen molar-refractivity contribution in [1.82, 2.24) is 5.32 Å². The van der Waals surface area contributed by atoms with E-state index in [1.165, 1.54) is 36.9 Å². The molecule has 0 spiro atoms. The van der Waals surface area contributed by atoms with Gasteiger partial charge in [0.15, 0.2) is 0 Å². The second-order valence-electron chi connectivity index (χ2n) is 4.58. The largest absolute Gasteiger partial charge is 0.497 e. The summed E-state index contributed by atoms with van der Waals surface area (Å²) in [5.74, 6) is 1.75. The Labute approximate surface area is 90.6 Å². The number of fused-ring (bicyclic) bond motifs is 1. The Morgan fingerprint density at radius 2 is 2.33 bits per heavy atom. The van der Waals surface area contributed by atoms with Gasteiger partial charge in [-0.15, -0.1) is 0 Å². The van der Waals surface area contributed by atoms with E-state index in [-0.39, 0.29) is 0 Å². The van der Waals surface area contributed by atoms with Crippen LogP contribution in [0.1, 0.15) is 29.9 Å². The molecule has 2 nitrogen and oxygen atoms in total. The smallest absolute Gasteiger partial charge is 0.119 e. The van der Waals surface area contributed by atoms with Crippen LogP contribution in [-0.4, -0.2) is 19.7 Å². The van der Waals surface area contributed by atoms with Crippen molar-refractivity contribution in [2.24, 2.45) is 0 Å². The summed E-state index contributed by atoms with van der Waals surface area (Å²) in [5, 5.41) is 3.60. The maximum absolute atomic E-state index is 5.23. The molecule has 15 heavy (non-hydrogen) atoms. The molecule has 0 bridgehead atoms. The van der Waals surface area contributed by atoms with Gasteiger partial charge in [0, 0.05) is 12.0 Å². The number of nitrogens with one attached hydrogen (secondary N) is 1. The van der Waals surface area contributed by atoms with Crippen LogP contribution >= 0.6 is 0 Å². The normalized spacial score (nSPS) is 28.3. The fourth-order valence-corrected chi connectivity index (χ4v) is 2.88. The first kappa shape index (κ1) is 9.22. The monoisotopic (exact) mass is 203 g/mol. The first-order valence-corrected chi connectivity index (χ1v) is 5.78. The third-order valence-corrected chi connectivity index (χ3v) is 3.77. The molecule has 3 rings (SSSR count). The van der Waals surface area contributed by atoms with E-state index in [2.05, 4.69) is 23.5 Å². The molecule has 1 saturated heterocycles. The zero-order valence-corrected chi connectivity index (χ0v) is 9.12. The molecule has 1 heterocycles. The minimum Gasteiger partial charge on any atom is -0.497 e. The third kappa shape index (κ3) is 1.44. The van der Waals surface area contributed by atoms with E-state index in [4.69, 9.17) is 4.74 Å². The lowest BCUT2D eigenvalue weighted by Crippen LogP contribution is -2.35. The third-order valence-electron chi connectivity index (χ3n) is 3.77. The van der Waals surface area contributed by atoms with E-state index < -0.39 is 0 Å². The Kier molecular flexibility index (Phi) is 2.17. The van der Waals surface area contributed by atoms with Crippen molar-refractivity contribution < 1.29 is 4.74 Å². The second kappa shape index (κ2) is 3.53. The molecule has 1 aliphatic heterocycles. The van der Waals surface area contributed by atoms with Crippen LogP contribution < -0.4 is 10.1 Å². The molecule has 0 unspecified atom stereocenters. The highest BCUT2D eigenvalue weighted by atomic mass is 16.5. The zero-order chi connectivity index (χ0) is 10.3. The van der Waals surface area contributed by atoms with E-state index in [0.29, 0.717) is 0 Å². The van der Waals surface area contributed by atoms with Crippen LogP contribution in [0.25, 0.3) is 0 Å². The predicted octanol–water partition coefficient (Wildman–Crippen LogP) is 2.09. The first-order chi connectivity index (χ1) is 7.38. The molecular weight excluding hydrogens is 186 g/mol. The number of ether oxygens (including phenoxy) is 1. The quantitative estimate of drug-likeness (QED) is 0.794. The maximum atomic E-state index is 5.23. The van der Waals surface area contributed by atoms with Gasteiger partial charge in [-0.05, 0) is 49.1 Å². The van der Waals surface area contributed by atoms with Crippen LogP contribution in [0.5, 0.6) is 5.75 Å². The number of benzene rings is 1. The molecular formula is C13H17NO. The van der Waals surface area contributed by atoms with Crippen LogP contribution in [-0.2, 0) is 6.42 Å². The molecule has 0 radical (unpaired) electrons. The van der Waals surface area contributed by atoms with Crippen molar-refractivity contribution in [1.29, 1.82) is 0 Å². The summed E-state index contributed by atoms with van der Waals surface area (Å²) in [6, 6.07) is 7.23. The van der Waals surface area contributed by atoms with Crippen LogP contribution in [0.2, 0.25) is 0 Å². The van der Waals surface area contributed by atoms with Crippen molar-refractivity contribution in [3.63, 3.8) is 0 Å². The lowest BCUT2D eigenvalue weighted by molar-refractivity contribution is 0.407. The molecule has 0 saturated carbocycles. The van der Waals surface area contributed by atoms with Crippen LogP contribution in [0.4, 0.5) is 0 Å². The van der Waals surface area contributed by atoms with E-state index >= 15 is 0 Å². The molecule has 1 aromatic rings. The molecule has 2 heteroatoms. The average Bonchev–Trinajstić information content (AvgIpc) is 2.73. The van der Waals surface area contributed by atoms with Gasteiger partial charge in [-0.25, -0.2) is 0 Å². The number of hydrogen-bond donors (Lipinski definition) is 1. The standard InChI is InChI=1S/C13H17NO/c1-15-10-4-5-11-9(7-10)8-12(11)13-3-2-6-14-13/h4-5,7,12-14H,2-3,6,8H2,1H3/t12-,13-/m0/s1. The van der Waals surface area contributed by atoms with Crippen molar-refractivity contribution in [3.8, 4) is 5.75 Å². The zero-order valence-electron chi connectivity index (χ0n) is 9.12. The summed E-state index contributed by atoms with van der Waals surface area (Å²) >= 11 is 0. The van der Waals surface area contributed by atoms with Crippen molar-refractivity contribution in [2.45, 2.75) is 31.2 Å². The summed E-state index contributed by atoms with van der Waals surface area (Å²) < 4.78 is 5.23. The van der Waals surface area contributed by atoms with Gasteiger partial charge in [-0.3, -0.25) is 0 Å². The Bertz CT molecular complexity index is 369. The van der Waals surface area contributed by atoms with Crippen molar-refractivity contribution in [3.05, 3.63) is 29.3 Å². The maximum Gasteiger partial charge on any atom is 0.119 e. The summed E-state index contributed by atoms with van der Waals surface area (Å²) in [6.45, 7) is 1.20. The van der Waals surface area contributed by atoms with Crippen molar-refractivity contribution in [2.75, 3.05) is 13.7 Å². The molecule has 1 aliphatic carbocycles. The molecule has 0 amide bonds. The summed E-state index contributed by atoms with van der Waals surface area (Å²) in [6.07, 6.45) is 3.91. The number of rotatable bonds is 2. The Balaban J connectivity index is 1.81. The Hall–Kier alpha value is -1.02. The predicted molar refractivity (Wildman–Crippen MR) is 60.5 cm³/mol. The minimum absolute atomic E-state index is 0.728. The molecule has 2 aliphatic rings. The van der Waals surface area contributed by atoms with Gasteiger partial charge < -0.3 is 10.1 Å². The van der Waals surface area contributed by atoms with Gasteiger partial charge in [-0.1, -0.05) is 6.07 Å². The second-order valence-corrected chi connectivity index (χ2v) is 4.58. The SMILES string of the molecule is COc1ccc2c(c1)C[C@@H]2[C@@H]1CCCN1. The van der Waals surface area contributed by atoms with Gasteiger partial charge in [0.05, 0.1) is 7.11 Å². The van der Waals surface area contributed by atoms with E-state index in [0.717, 1.165) is 17.7 Å². The molecule has 2 atom stereocenters. The fourth-order valence-electron chi connectivity index (χ4n) is 2.88. The number of methoxy groups -OCH3 is 1. The topological polar surface area (TPSA) is 21.3 Å². The average molecular weight is 203 g/mol. The minimum atomic E-state index is 0.728. The van der Waals surface area contributed by atoms with E-state index in [9.17, 15) is 0 Å². The fraction of sp³-hybridized carbons (Fsp3) is 0.538. The molecule has 1 N–H and O–H groups in total. The highest BCUT2D eigenvalue weighted by Crippen LogP contribution is 2.41. The van der Waals surface area contributed by atoms with Crippen LogP contribution in [0.15, 0.2) is 18.2 Å². The molecule has 1 fully saturated rings. The van der Waals surface area contributed by atoms with E-state index in [1.54, 1.807) is 7.11 Å². The van der Waals surface area contributed by atoms with Gasteiger partial charge in [0.2, 0.25) is 0 Å². The number of hydrogen-bond acceptors (Lipinski definition) is 2. The lowest BCUT2D eigenvalue weighted by atomic mass is 9.73. The van der Waals surface area contributed by atoms with Crippen LogP contribution in [0.3, 0.4) is 0 Å².